The largest absolute Gasteiger partial charge is 0.478 e. The van der Waals surface area contributed by atoms with Crippen molar-refractivity contribution in [2.75, 3.05) is 6.54 Å². The molecule has 0 aromatic heterocycles. The Morgan fingerprint density at radius 1 is 1.37 bits per heavy atom. The molecular formula is C15H20FNO2. The number of hydrogen-bond acceptors (Lipinski definition) is 2. The van der Waals surface area contributed by atoms with E-state index in [0.29, 0.717) is 36.2 Å². The molecule has 0 radical (unpaired) electrons. The molecule has 3 nitrogen and oxygen atoms in total. The highest BCUT2D eigenvalue weighted by molar-refractivity contribution is 5.86. The molecule has 0 fully saturated rings. The molecule has 104 valence electrons. The fraction of sp³-hybridized carbons (Fsp3) is 0.400. The number of carboxylic acid groups (broad SMARTS) is 1. The topological polar surface area (TPSA) is 49.3 Å². The van der Waals surface area contributed by atoms with Crippen molar-refractivity contribution in [2.45, 2.75) is 33.7 Å². The second-order valence-corrected chi connectivity index (χ2v) is 4.56. The third kappa shape index (κ3) is 4.48. The smallest absolute Gasteiger partial charge is 0.331 e. The first kappa shape index (κ1) is 15.4. The van der Waals surface area contributed by atoms with Crippen LogP contribution in [0.25, 0.3) is 0 Å². The van der Waals surface area contributed by atoms with Crippen LogP contribution in [-0.4, -0.2) is 17.6 Å². The maximum Gasteiger partial charge on any atom is 0.331 e. The van der Waals surface area contributed by atoms with E-state index in [1.54, 1.807) is 32.1 Å². The van der Waals surface area contributed by atoms with Gasteiger partial charge in [0, 0.05) is 18.7 Å². The van der Waals surface area contributed by atoms with Crippen molar-refractivity contribution in [2.24, 2.45) is 0 Å². The van der Waals surface area contributed by atoms with Crippen molar-refractivity contribution in [1.29, 1.82) is 0 Å². The number of halogens is 1. The number of benzene rings is 1. The van der Waals surface area contributed by atoms with Gasteiger partial charge in [0.05, 0.1) is 0 Å². The summed E-state index contributed by atoms with van der Waals surface area (Å²) in [6.45, 7) is 6.38. The Morgan fingerprint density at radius 2 is 1.95 bits per heavy atom. The molecule has 0 saturated heterocycles. The van der Waals surface area contributed by atoms with Crippen molar-refractivity contribution < 1.29 is 14.3 Å². The molecule has 1 aromatic rings. The van der Waals surface area contributed by atoms with Gasteiger partial charge in [-0.05, 0) is 37.0 Å². The maximum atomic E-state index is 13.4. The Kier molecular flexibility index (Phi) is 5.70. The maximum absolute atomic E-state index is 13.4. The molecule has 0 aliphatic rings. The highest BCUT2D eigenvalue weighted by atomic mass is 19.1. The number of aryl methyl sites for hydroxylation is 2. The van der Waals surface area contributed by atoms with Crippen molar-refractivity contribution in [3.8, 4) is 0 Å². The fourth-order valence-corrected chi connectivity index (χ4v) is 1.93. The van der Waals surface area contributed by atoms with Crippen LogP contribution in [0.2, 0.25) is 0 Å². The molecule has 0 heterocycles. The lowest BCUT2D eigenvalue weighted by molar-refractivity contribution is -0.132. The Morgan fingerprint density at radius 3 is 2.42 bits per heavy atom. The molecule has 0 spiro atoms. The SMILES string of the molecule is CC/C(=C/CNCc1cc(C)c(F)c(C)c1)C(=O)O. The third-order valence-corrected chi connectivity index (χ3v) is 2.97. The van der Waals surface area contributed by atoms with E-state index in [0.717, 1.165) is 5.56 Å². The van der Waals surface area contributed by atoms with Gasteiger partial charge in [-0.15, -0.1) is 0 Å². The van der Waals surface area contributed by atoms with Crippen LogP contribution in [0.4, 0.5) is 4.39 Å². The van der Waals surface area contributed by atoms with Gasteiger partial charge in [0.1, 0.15) is 5.82 Å². The Bertz CT molecular complexity index is 472. The highest BCUT2D eigenvalue weighted by Crippen LogP contribution is 2.14. The lowest BCUT2D eigenvalue weighted by Crippen LogP contribution is -2.15. The fourth-order valence-electron chi connectivity index (χ4n) is 1.93. The number of hydrogen-bond donors (Lipinski definition) is 2. The molecular weight excluding hydrogens is 245 g/mol. The quantitative estimate of drug-likeness (QED) is 0.614. The normalized spacial score (nSPS) is 11.7. The van der Waals surface area contributed by atoms with Gasteiger partial charge in [0.15, 0.2) is 0 Å². The van der Waals surface area contributed by atoms with Gasteiger partial charge in [0.25, 0.3) is 0 Å². The molecule has 0 bridgehead atoms. The predicted molar refractivity (Wildman–Crippen MR) is 73.6 cm³/mol. The van der Waals surface area contributed by atoms with Crippen LogP contribution in [0.5, 0.6) is 0 Å². The van der Waals surface area contributed by atoms with Gasteiger partial charge in [0.2, 0.25) is 0 Å². The van der Waals surface area contributed by atoms with Gasteiger partial charge < -0.3 is 10.4 Å². The monoisotopic (exact) mass is 265 g/mol. The lowest BCUT2D eigenvalue weighted by atomic mass is 10.1. The lowest BCUT2D eigenvalue weighted by Gasteiger charge is -2.07. The third-order valence-electron chi connectivity index (χ3n) is 2.97. The average Bonchev–Trinajstić information content (AvgIpc) is 2.35. The van der Waals surface area contributed by atoms with Gasteiger partial charge in [-0.25, -0.2) is 9.18 Å². The molecule has 1 aromatic carbocycles. The van der Waals surface area contributed by atoms with Crippen LogP contribution in [0.15, 0.2) is 23.8 Å². The number of nitrogens with one attached hydrogen (secondary N) is 1. The van der Waals surface area contributed by atoms with Crippen LogP contribution in [0.1, 0.15) is 30.0 Å². The van der Waals surface area contributed by atoms with Gasteiger partial charge in [-0.2, -0.15) is 0 Å². The summed E-state index contributed by atoms with van der Waals surface area (Å²) >= 11 is 0. The summed E-state index contributed by atoms with van der Waals surface area (Å²) in [5.74, 6) is -1.04. The number of carboxylic acids is 1. The molecule has 0 aliphatic heterocycles. The molecule has 0 unspecified atom stereocenters. The zero-order chi connectivity index (χ0) is 14.4. The van der Waals surface area contributed by atoms with Crippen molar-refractivity contribution in [3.63, 3.8) is 0 Å². The van der Waals surface area contributed by atoms with Crippen LogP contribution in [-0.2, 0) is 11.3 Å². The predicted octanol–water partition coefficient (Wildman–Crippen LogP) is 2.95. The number of rotatable bonds is 6. The van der Waals surface area contributed by atoms with E-state index in [-0.39, 0.29) is 5.82 Å². The minimum Gasteiger partial charge on any atom is -0.478 e. The standard InChI is InChI=1S/C15H20FNO2/c1-4-13(15(18)19)5-6-17-9-12-7-10(2)14(16)11(3)8-12/h5,7-8,17H,4,6,9H2,1-3H3,(H,18,19)/b13-5-. The molecule has 19 heavy (non-hydrogen) atoms. The molecule has 0 aliphatic carbocycles. The molecule has 1 rings (SSSR count). The summed E-state index contributed by atoms with van der Waals surface area (Å²) < 4.78 is 13.4. The van der Waals surface area contributed by atoms with Gasteiger partial charge >= 0.3 is 5.97 Å². The van der Waals surface area contributed by atoms with Crippen molar-refractivity contribution in [3.05, 3.63) is 46.3 Å². The first-order chi connectivity index (χ1) is 8.95. The van der Waals surface area contributed by atoms with E-state index in [1.807, 2.05) is 6.92 Å². The Balaban J connectivity index is 2.57. The molecule has 0 saturated carbocycles. The van der Waals surface area contributed by atoms with E-state index >= 15 is 0 Å². The zero-order valence-corrected chi connectivity index (χ0v) is 11.6. The van der Waals surface area contributed by atoms with Crippen LogP contribution in [0, 0.1) is 19.7 Å². The summed E-state index contributed by atoms with van der Waals surface area (Å²) in [6.07, 6.45) is 2.18. The Hall–Kier alpha value is -1.68. The number of carbonyl (C=O) groups is 1. The van der Waals surface area contributed by atoms with E-state index in [9.17, 15) is 9.18 Å². The minimum atomic E-state index is -0.877. The summed E-state index contributed by atoms with van der Waals surface area (Å²) in [7, 11) is 0. The van der Waals surface area contributed by atoms with E-state index in [1.165, 1.54) is 0 Å². The Labute approximate surface area is 113 Å². The molecule has 2 N–H and O–H groups in total. The van der Waals surface area contributed by atoms with Crippen molar-refractivity contribution >= 4 is 5.97 Å². The van der Waals surface area contributed by atoms with E-state index in [4.69, 9.17) is 5.11 Å². The highest BCUT2D eigenvalue weighted by Gasteiger charge is 2.05. The number of aliphatic carboxylic acids is 1. The van der Waals surface area contributed by atoms with E-state index in [2.05, 4.69) is 5.32 Å². The van der Waals surface area contributed by atoms with E-state index < -0.39 is 5.97 Å². The van der Waals surface area contributed by atoms with Crippen LogP contribution < -0.4 is 5.32 Å². The summed E-state index contributed by atoms with van der Waals surface area (Å²) in [5.41, 5.74) is 2.66. The first-order valence-corrected chi connectivity index (χ1v) is 6.34. The van der Waals surface area contributed by atoms with Crippen LogP contribution >= 0.6 is 0 Å². The average molecular weight is 265 g/mol. The summed E-state index contributed by atoms with van der Waals surface area (Å²) in [5, 5.41) is 12.0. The summed E-state index contributed by atoms with van der Waals surface area (Å²) in [6, 6.07) is 3.61. The van der Waals surface area contributed by atoms with Crippen LogP contribution in [0.3, 0.4) is 0 Å². The first-order valence-electron chi connectivity index (χ1n) is 6.34. The summed E-state index contributed by atoms with van der Waals surface area (Å²) in [4.78, 5) is 10.8. The second-order valence-electron chi connectivity index (χ2n) is 4.56. The zero-order valence-electron chi connectivity index (χ0n) is 11.6. The molecule has 0 amide bonds. The van der Waals surface area contributed by atoms with Gasteiger partial charge in [-0.1, -0.05) is 25.1 Å². The van der Waals surface area contributed by atoms with Crippen molar-refractivity contribution in [1.82, 2.24) is 5.32 Å². The van der Waals surface area contributed by atoms with Gasteiger partial charge in [-0.3, -0.25) is 0 Å². The second kappa shape index (κ2) is 7.04. The minimum absolute atomic E-state index is 0.164. The molecule has 4 heteroatoms. The molecule has 0 atom stereocenters.